The molecule has 3 heterocycles. The molecule has 4 rings (SSSR count). The second-order valence-corrected chi connectivity index (χ2v) is 10.8. The molecule has 2 N–H and O–H groups in total. The van der Waals surface area contributed by atoms with Crippen LogP contribution in [-0.2, 0) is 19.6 Å². The summed E-state index contributed by atoms with van der Waals surface area (Å²) in [6, 6.07) is 5.97. The molecule has 0 aromatic heterocycles. The highest BCUT2D eigenvalue weighted by atomic mass is 79.9. The smallest absolute Gasteiger partial charge is 0.322 e. The van der Waals surface area contributed by atoms with Crippen LogP contribution in [0.5, 0.6) is 0 Å². The van der Waals surface area contributed by atoms with Gasteiger partial charge in [-0.3, -0.25) is 14.9 Å². The maximum absolute atomic E-state index is 13.1. The molecule has 30 heavy (non-hydrogen) atoms. The van der Waals surface area contributed by atoms with Crippen LogP contribution in [0.25, 0.3) is 0 Å². The van der Waals surface area contributed by atoms with Gasteiger partial charge in [0.2, 0.25) is 15.9 Å². The van der Waals surface area contributed by atoms with Gasteiger partial charge in [0.05, 0.1) is 10.8 Å². The molecule has 1 spiro atoms. The van der Waals surface area contributed by atoms with Crippen molar-refractivity contribution in [1.29, 1.82) is 0 Å². The standard InChI is InChI=1S/C19H23BrN4O5S/c20-14-3-5-15(6-4-14)30(28,29)24-9-1-2-13(12-24)16(25)23-10-7-19(8-11-23)17(26)21-18(27)22-19/h3-6,13H,1-2,7-12H2,(H2,21,22,26,27). The summed E-state index contributed by atoms with van der Waals surface area (Å²) < 4.78 is 28.1. The van der Waals surface area contributed by atoms with Gasteiger partial charge in [-0.2, -0.15) is 4.31 Å². The number of sulfonamides is 1. The zero-order valence-electron chi connectivity index (χ0n) is 16.3. The highest BCUT2D eigenvalue weighted by molar-refractivity contribution is 9.10. The summed E-state index contributed by atoms with van der Waals surface area (Å²) in [5.74, 6) is -0.848. The molecule has 3 saturated heterocycles. The number of nitrogens with zero attached hydrogens (tertiary/aromatic N) is 2. The largest absolute Gasteiger partial charge is 0.342 e. The summed E-state index contributed by atoms with van der Waals surface area (Å²) in [4.78, 5) is 38.5. The third-order valence-corrected chi connectivity index (χ3v) is 8.54. The molecule has 11 heteroatoms. The highest BCUT2D eigenvalue weighted by Gasteiger charge is 2.49. The summed E-state index contributed by atoms with van der Waals surface area (Å²) in [6.45, 7) is 1.23. The number of urea groups is 1. The number of halogens is 1. The van der Waals surface area contributed by atoms with Gasteiger partial charge in [0.1, 0.15) is 5.54 Å². The van der Waals surface area contributed by atoms with E-state index in [4.69, 9.17) is 0 Å². The van der Waals surface area contributed by atoms with Gasteiger partial charge in [-0.1, -0.05) is 15.9 Å². The number of carbonyl (C=O) groups excluding carboxylic acids is 3. The Labute approximate surface area is 183 Å². The number of likely N-dealkylation sites (tertiary alicyclic amines) is 1. The Morgan fingerprint density at radius 3 is 2.37 bits per heavy atom. The predicted octanol–water partition coefficient (Wildman–Crippen LogP) is 1.05. The van der Waals surface area contributed by atoms with Crippen LogP contribution in [-0.4, -0.2) is 67.2 Å². The number of rotatable bonds is 3. The number of piperidine rings is 2. The normalized spacial score (nSPS) is 24.6. The lowest BCUT2D eigenvalue weighted by molar-refractivity contribution is -0.140. The summed E-state index contributed by atoms with van der Waals surface area (Å²) in [5.41, 5.74) is -0.933. The molecular formula is C19H23BrN4O5S. The van der Waals surface area contributed by atoms with Gasteiger partial charge >= 0.3 is 6.03 Å². The topological polar surface area (TPSA) is 116 Å². The number of benzene rings is 1. The van der Waals surface area contributed by atoms with Crippen LogP contribution < -0.4 is 10.6 Å². The third-order valence-electron chi connectivity index (χ3n) is 6.13. The zero-order valence-corrected chi connectivity index (χ0v) is 18.7. The average molecular weight is 499 g/mol. The van der Waals surface area contributed by atoms with Gasteiger partial charge < -0.3 is 10.2 Å². The van der Waals surface area contributed by atoms with Gasteiger partial charge in [0.15, 0.2) is 0 Å². The van der Waals surface area contributed by atoms with E-state index in [1.807, 2.05) is 0 Å². The number of nitrogens with one attached hydrogen (secondary N) is 2. The Kier molecular flexibility index (Phi) is 5.62. The molecule has 0 bridgehead atoms. The highest BCUT2D eigenvalue weighted by Crippen LogP contribution is 2.29. The SMILES string of the molecule is O=C1NC(=O)C2(CCN(C(=O)C3CCCN(S(=O)(=O)c4ccc(Br)cc4)C3)CC2)N1. The van der Waals surface area contributed by atoms with E-state index in [0.29, 0.717) is 45.3 Å². The predicted molar refractivity (Wildman–Crippen MR) is 111 cm³/mol. The molecular weight excluding hydrogens is 476 g/mol. The Morgan fingerprint density at radius 2 is 1.77 bits per heavy atom. The second-order valence-electron chi connectivity index (χ2n) is 7.97. The van der Waals surface area contributed by atoms with Crippen molar-refractivity contribution in [2.75, 3.05) is 26.2 Å². The molecule has 1 unspecified atom stereocenters. The van der Waals surface area contributed by atoms with Crippen molar-refractivity contribution in [3.8, 4) is 0 Å². The van der Waals surface area contributed by atoms with Crippen molar-refractivity contribution in [2.45, 2.75) is 36.1 Å². The number of imide groups is 1. The quantitative estimate of drug-likeness (QED) is 0.604. The molecule has 162 valence electrons. The molecule has 4 amide bonds. The lowest BCUT2D eigenvalue weighted by Gasteiger charge is -2.40. The van der Waals surface area contributed by atoms with E-state index in [2.05, 4.69) is 26.6 Å². The van der Waals surface area contributed by atoms with Crippen LogP contribution in [0.3, 0.4) is 0 Å². The van der Waals surface area contributed by atoms with E-state index in [9.17, 15) is 22.8 Å². The molecule has 0 saturated carbocycles. The molecule has 1 aromatic rings. The zero-order chi connectivity index (χ0) is 21.5. The fourth-order valence-electron chi connectivity index (χ4n) is 4.37. The minimum absolute atomic E-state index is 0.0923. The fraction of sp³-hybridized carbons (Fsp3) is 0.526. The van der Waals surface area contributed by atoms with E-state index in [1.165, 1.54) is 4.31 Å². The maximum Gasteiger partial charge on any atom is 0.322 e. The first kappa shape index (κ1) is 21.3. The van der Waals surface area contributed by atoms with E-state index in [0.717, 1.165) is 4.47 Å². The number of carbonyl (C=O) groups is 3. The van der Waals surface area contributed by atoms with Crippen LogP contribution in [0.15, 0.2) is 33.6 Å². The van der Waals surface area contributed by atoms with Crippen molar-refractivity contribution in [3.63, 3.8) is 0 Å². The Balaban J connectivity index is 1.41. The van der Waals surface area contributed by atoms with Gasteiger partial charge in [0.25, 0.3) is 5.91 Å². The summed E-state index contributed by atoms with van der Waals surface area (Å²) in [5, 5.41) is 4.94. The van der Waals surface area contributed by atoms with Crippen LogP contribution in [0.4, 0.5) is 4.79 Å². The first-order valence-corrected chi connectivity index (χ1v) is 12.1. The van der Waals surface area contributed by atoms with E-state index >= 15 is 0 Å². The van der Waals surface area contributed by atoms with Gasteiger partial charge in [-0.25, -0.2) is 13.2 Å². The van der Waals surface area contributed by atoms with Gasteiger partial charge in [-0.05, 0) is 49.9 Å². The minimum atomic E-state index is -3.67. The summed E-state index contributed by atoms with van der Waals surface area (Å²) >= 11 is 3.30. The van der Waals surface area contributed by atoms with Crippen molar-refractivity contribution in [1.82, 2.24) is 19.8 Å². The van der Waals surface area contributed by atoms with Gasteiger partial charge in [-0.15, -0.1) is 0 Å². The molecule has 9 nitrogen and oxygen atoms in total. The molecule has 0 aliphatic carbocycles. The average Bonchev–Trinajstić information content (AvgIpc) is 3.01. The lowest BCUT2D eigenvalue weighted by Crippen LogP contribution is -2.57. The molecule has 3 fully saturated rings. The number of hydrogen-bond acceptors (Lipinski definition) is 5. The first-order chi connectivity index (χ1) is 14.2. The molecule has 0 radical (unpaired) electrons. The molecule has 1 aromatic carbocycles. The van der Waals surface area contributed by atoms with E-state index in [-0.39, 0.29) is 23.3 Å². The summed E-state index contributed by atoms with van der Waals surface area (Å²) in [7, 11) is -3.67. The number of hydrogen-bond donors (Lipinski definition) is 2. The van der Waals surface area contributed by atoms with Gasteiger partial charge in [0, 0.05) is 30.7 Å². The summed E-state index contributed by atoms with van der Waals surface area (Å²) in [6.07, 6.45) is 1.94. The lowest BCUT2D eigenvalue weighted by atomic mass is 9.86. The monoisotopic (exact) mass is 498 g/mol. The molecule has 3 aliphatic heterocycles. The number of amides is 4. The maximum atomic E-state index is 13.1. The van der Waals surface area contributed by atoms with Crippen molar-refractivity contribution in [3.05, 3.63) is 28.7 Å². The van der Waals surface area contributed by atoms with E-state index in [1.54, 1.807) is 29.2 Å². The first-order valence-electron chi connectivity index (χ1n) is 9.89. The van der Waals surface area contributed by atoms with Crippen molar-refractivity contribution in [2.24, 2.45) is 5.92 Å². The van der Waals surface area contributed by atoms with Crippen LogP contribution in [0.1, 0.15) is 25.7 Å². The van der Waals surface area contributed by atoms with Crippen LogP contribution >= 0.6 is 15.9 Å². The molecule has 1 atom stereocenters. The van der Waals surface area contributed by atoms with Crippen molar-refractivity contribution >= 4 is 43.8 Å². The molecule has 3 aliphatic rings. The Hall–Kier alpha value is -1.98. The van der Waals surface area contributed by atoms with E-state index < -0.39 is 27.5 Å². The van der Waals surface area contributed by atoms with Crippen LogP contribution in [0, 0.1) is 5.92 Å². The Morgan fingerprint density at radius 1 is 1.10 bits per heavy atom. The minimum Gasteiger partial charge on any atom is -0.342 e. The second kappa shape index (κ2) is 7.93. The third kappa shape index (κ3) is 3.85. The fourth-order valence-corrected chi connectivity index (χ4v) is 6.15. The Bertz CT molecular complexity index is 973. The van der Waals surface area contributed by atoms with Crippen molar-refractivity contribution < 1.29 is 22.8 Å². The van der Waals surface area contributed by atoms with Crippen LogP contribution in [0.2, 0.25) is 0 Å².